The zero-order chi connectivity index (χ0) is 47.3. The van der Waals surface area contributed by atoms with Gasteiger partial charge in [0.15, 0.2) is 0 Å². The number of sulfone groups is 1. The molecule has 0 unspecified atom stereocenters. The fourth-order valence-electron chi connectivity index (χ4n) is 11.0. The van der Waals surface area contributed by atoms with Gasteiger partial charge in [-0.2, -0.15) is 8.78 Å². The molecule has 6 atom stereocenters. The van der Waals surface area contributed by atoms with Crippen molar-refractivity contribution in [3.63, 3.8) is 0 Å². The van der Waals surface area contributed by atoms with Gasteiger partial charge in [-0.25, -0.2) is 28.0 Å². The van der Waals surface area contributed by atoms with E-state index in [2.05, 4.69) is 25.6 Å². The summed E-state index contributed by atoms with van der Waals surface area (Å²) in [7, 11) is -1.27. The average molecular weight is 939 g/mol. The molecule has 19 heteroatoms. The van der Waals surface area contributed by atoms with Crippen LogP contribution < -0.4 is 10.6 Å². The highest BCUT2D eigenvalue weighted by atomic mass is 32.2. The van der Waals surface area contributed by atoms with Gasteiger partial charge in [0.1, 0.15) is 33.6 Å². The molecule has 0 radical (unpaired) electrons. The van der Waals surface area contributed by atoms with Gasteiger partial charge in [0, 0.05) is 35.5 Å². The van der Waals surface area contributed by atoms with E-state index < -0.39 is 57.7 Å². The van der Waals surface area contributed by atoms with Crippen molar-refractivity contribution in [1.29, 1.82) is 0 Å². The number of hydrogen-bond acceptors (Lipinski definition) is 10. The Balaban J connectivity index is 0.896. The molecule has 2 saturated carbocycles. The number of amides is 4. The SMILES string of the molecule is COC(=O)N[C@@H](CS(C)(=O)=O)C(=O)N1[C@@H]2CC[C@@H](C2)[C@H]1c1nc2ccc(-c3ccc4c(c3)C(F)(F)c3cc(-c5cnc([C@@H]6CC7(CC7)CN6C(=O)[C@@H](NC(=O)OC)C(C)C)[nH]5)ccc3-4)cc2[nH]1. The van der Waals surface area contributed by atoms with E-state index in [1.807, 2.05) is 32.0 Å². The number of rotatable bonds is 11. The first-order chi connectivity index (χ1) is 31.9. The average Bonchev–Trinajstić information content (AvgIpc) is 3.96. The van der Waals surface area contributed by atoms with Gasteiger partial charge in [0.05, 0.1) is 55.0 Å². The maximum absolute atomic E-state index is 16.7. The summed E-state index contributed by atoms with van der Waals surface area (Å²) in [6.45, 7) is 4.26. The highest BCUT2D eigenvalue weighted by Gasteiger charge is 2.56. The molecule has 2 saturated heterocycles. The van der Waals surface area contributed by atoms with Crippen LogP contribution in [-0.4, -0.2) is 113 Å². The molecule has 4 amide bonds. The van der Waals surface area contributed by atoms with Crippen LogP contribution in [0.3, 0.4) is 0 Å². The van der Waals surface area contributed by atoms with Gasteiger partial charge in [-0.3, -0.25) is 9.59 Å². The number of aromatic nitrogens is 4. The number of carbonyl (C=O) groups is 4. The second kappa shape index (κ2) is 16.2. The van der Waals surface area contributed by atoms with E-state index in [4.69, 9.17) is 14.5 Å². The Morgan fingerprint density at radius 1 is 0.866 bits per heavy atom. The molecular weight excluding hydrogens is 887 g/mol. The van der Waals surface area contributed by atoms with Gasteiger partial charge in [0.2, 0.25) is 11.8 Å². The molecule has 4 N–H and O–H groups in total. The maximum atomic E-state index is 16.7. The smallest absolute Gasteiger partial charge is 0.407 e. The molecule has 1 spiro atoms. The molecule has 352 valence electrons. The molecule has 16 nitrogen and oxygen atoms in total. The molecule has 3 aliphatic carbocycles. The highest BCUT2D eigenvalue weighted by Crippen LogP contribution is 2.59. The first-order valence-corrected chi connectivity index (χ1v) is 24.6. The number of aromatic amines is 2. The Bertz CT molecular complexity index is 2970. The molecule has 2 aliphatic heterocycles. The number of alkyl carbamates (subject to hydrolysis) is 2. The van der Waals surface area contributed by atoms with Gasteiger partial charge in [0.25, 0.3) is 5.92 Å². The van der Waals surface area contributed by atoms with E-state index in [9.17, 15) is 27.6 Å². The second-order valence-corrected chi connectivity index (χ2v) is 21.6. The number of methoxy groups -OCH3 is 2. The largest absolute Gasteiger partial charge is 0.453 e. The minimum atomic E-state index is -3.67. The van der Waals surface area contributed by atoms with Crippen molar-refractivity contribution in [2.24, 2.45) is 17.3 Å². The Morgan fingerprint density at radius 3 is 2.19 bits per heavy atom. The van der Waals surface area contributed by atoms with Gasteiger partial charge in [-0.05, 0) is 102 Å². The first kappa shape index (κ1) is 44.5. The van der Waals surface area contributed by atoms with Crippen molar-refractivity contribution in [2.45, 2.75) is 88.5 Å². The third-order valence-corrected chi connectivity index (χ3v) is 15.5. The van der Waals surface area contributed by atoms with Crippen molar-refractivity contribution < 1.29 is 45.9 Å². The van der Waals surface area contributed by atoms with Crippen molar-refractivity contribution in [3.05, 3.63) is 83.6 Å². The van der Waals surface area contributed by atoms with Crippen LogP contribution in [0.5, 0.6) is 0 Å². The number of nitrogens with one attached hydrogen (secondary N) is 4. The van der Waals surface area contributed by atoms with E-state index in [1.54, 1.807) is 40.3 Å². The molecule has 5 aliphatic rings. The topological polar surface area (TPSA) is 209 Å². The summed E-state index contributed by atoms with van der Waals surface area (Å²) in [6, 6.07) is 12.3. The van der Waals surface area contributed by atoms with E-state index in [0.717, 1.165) is 39.0 Å². The van der Waals surface area contributed by atoms with Crippen molar-refractivity contribution in [1.82, 2.24) is 40.4 Å². The number of carbonyl (C=O) groups excluding carboxylic acids is 4. The number of alkyl halides is 2. The van der Waals surface area contributed by atoms with Crippen LogP contribution in [0.2, 0.25) is 0 Å². The van der Waals surface area contributed by atoms with Crippen molar-refractivity contribution in [3.8, 4) is 33.5 Å². The quantitative estimate of drug-likeness (QED) is 0.107. The van der Waals surface area contributed by atoms with Crippen LogP contribution in [0, 0.1) is 17.3 Å². The summed E-state index contributed by atoms with van der Waals surface area (Å²) >= 11 is 0. The lowest BCUT2D eigenvalue weighted by Gasteiger charge is -2.36. The van der Waals surface area contributed by atoms with Crippen LogP contribution in [0.15, 0.2) is 60.8 Å². The van der Waals surface area contributed by atoms with Gasteiger partial charge in [-0.1, -0.05) is 44.2 Å². The zero-order valence-corrected chi connectivity index (χ0v) is 38.5. The first-order valence-electron chi connectivity index (χ1n) is 22.6. The fourth-order valence-corrected chi connectivity index (χ4v) is 11.9. The lowest BCUT2D eigenvalue weighted by molar-refractivity contribution is -0.137. The summed E-state index contributed by atoms with van der Waals surface area (Å²) in [5.74, 6) is -3.72. The fraction of sp³-hybridized carbons (Fsp3) is 0.458. The number of ether oxygens (including phenoxy) is 2. The second-order valence-electron chi connectivity index (χ2n) is 19.4. The minimum Gasteiger partial charge on any atom is -0.453 e. The molecule has 2 aromatic heterocycles. The Hall–Kier alpha value is -6.37. The Labute approximate surface area is 385 Å². The van der Waals surface area contributed by atoms with E-state index in [0.29, 0.717) is 75.6 Å². The number of imidazole rings is 2. The molecule has 3 aromatic carbocycles. The summed E-state index contributed by atoms with van der Waals surface area (Å²) in [6.07, 6.45) is 5.99. The number of H-pyrrole nitrogens is 2. The number of nitrogens with zero attached hydrogens (tertiary/aromatic N) is 4. The summed E-state index contributed by atoms with van der Waals surface area (Å²) in [5, 5.41) is 5.10. The third kappa shape index (κ3) is 7.87. The Kier molecular flexibility index (Phi) is 10.7. The number of benzene rings is 3. The van der Waals surface area contributed by atoms with E-state index >= 15 is 8.78 Å². The standard InChI is InChI=1S/C48H52F2N8O8S/c1-24(2)39(56-46(62)66-4)44(60)57-23-47(14-15-47)20-38(57)41-51-21-36(54-41)27-8-12-31-30-11-7-25(17-32(30)48(49,50)33(31)18-27)26-9-13-34-35(19-26)53-42(52-34)40-28-6-10-29(16-28)58(40)43(59)37(22-67(5,63)64)55-45(61)65-3/h7-9,11-13,17-19,21,24,28-29,37-40H,6,10,14-16,20,22-23H2,1-5H3,(H,51,54)(H,52,53)(H,55,61)(H,56,62)/t28-,29+,37-,38-,39-,40-/m0/s1. The highest BCUT2D eigenvalue weighted by molar-refractivity contribution is 7.90. The molecule has 2 bridgehead atoms. The normalized spacial score (nSPS) is 22.7. The number of halogens is 2. The summed E-state index contributed by atoms with van der Waals surface area (Å²) in [4.78, 5) is 72.1. The van der Waals surface area contributed by atoms with Gasteiger partial charge in [-0.15, -0.1) is 0 Å². The number of fused-ring (bicyclic) bond motifs is 6. The summed E-state index contributed by atoms with van der Waals surface area (Å²) < 4.78 is 67.5. The lowest BCUT2D eigenvalue weighted by Crippen LogP contribution is -2.54. The van der Waals surface area contributed by atoms with E-state index in [-0.39, 0.29) is 46.4 Å². The predicted molar refractivity (Wildman–Crippen MR) is 242 cm³/mol. The predicted octanol–water partition coefficient (Wildman–Crippen LogP) is 7.00. The molecule has 67 heavy (non-hydrogen) atoms. The van der Waals surface area contributed by atoms with Crippen molar-refractivity contribution in [2.75, 3.05) is 32.8 Å². The molecule has 4 heterocycles. The Morgan fingerprint density at radius 2 is 1.52 bits per heavy atom. The van der Waals surface area contributed by atoms with Gasteiger partial charge >= 0.3 is 12.2 Å². The number of piperidine rings is 1. The molecular formula is C48H52F2N8O8S. The van der Waals surface area contributed by atoms with E-state index in [1.165, 1.54) is 19.2 Å². The maximum Gasteiger partial charge on any atom is 0.407 e. The molecule has 4 fully saturated rings. The molecule has 5 aromatic rings. The van der Waals surface area contributed by atoms with Crippen LogP contribution in [-0.2, 0) is 34.8 Å². The van der Waals surface area contributed by atoms with Crippen LogP contribution in [0.4, 0.5) is 18.4 Å². The number of hydrogen-bond donors (Lipinski definition) is 4. The van der Waals surface area contributed by atoms with Crippen LogP contribution in [0.25, 0.3) is 44.5 Å². The number of likely N-dealkylation sites (tertiary alicyclic amines) is 2. The van der Waals surface area contributed by atoms with Crippen LogP contribution in [0.1, 0.15) is 87.2 Å². The van der Waals surface area contributed by atoms with Gasteiger partial charge < -0.3 is 39.9 Å². The summed E-state index contributed by atoms with van der Waals surface area (Å²) in [5.41, 5.74) is 4.15. The van der Waals surface area contributed by atoms with Crippen LogP contribution >= 0.6 is 0 Å². The minimum absolute atomic E-state index is 0.00656. The van der Waals surface area contributed by atoms with Crippen molar-refractivity contribution >= 4 is 44.9 Å². The molecule has 10 rings (SSSR count). The monoisotopic (exact) mass is 938 g/mol. The lowest BCUT2D eigenvalue weighted by atomic mass is 9.97. The third-order valence-electron chi connectivity index (χ3n) is 14.6. The zero-order valence-electron chi connectivity index (χ0n) is 37.7.